The van der Waals surface area contributed by atoms with Gasteiger partial charge in [-0.2, -0.15) is 0 Å². The van der Waals surface area contributed by atoms with E-state index in [9.17, 15) is 19.2 Å². The first kappa shape index (κ1) is 20.9. The van der Waals surface area contributed by atoms with Crippen LogP contribution in [0.15, 0.2) is 23.8 Å². The van der Waals surface area contributed by atoms with Crippen LogP contribution in [0, 0.1) is 0 Å². The molecule has 1 aliphatic rings. The monoisotopic (exact) mass is 391 g/mol. The van der Waals surface area contributed by atoms with Gasteiger partial charge >= 0.3 is 11.9 Å². The Morgan fingerprint density at radius 3 is 2.21 bits per heavy atom. The molecule has 0 spiro atoms. The van der Waals surface area contributed by atoms with Gasteiger partial charge in [0.1, 0.15) is 11.5 Å². The average Bonchev–Trinajstić information content (AvgIpc) is 2.92. The van der Waals surface area contributed by atoms with Crippen molar-refractivity contribution in [2.75, 3.05) is 27.9 Å². The van der Waals surface area contributed by atoms with E-state index < -0.39 is 29.9 Å². The molecule has 1 fully saturated rings. The Balaban J connectivity index is 2.34. The van der Waals surface area contributed by atoms with Gasteiger partial charge in [0.15, 0.2) is 6.10 Å². The van der Waals surface area contributed by atoms with Crippen molar-refractivity contribution in [2.45, 2.75) is 19.4 Å². The molecular weight excluding hydrogens is 370 g/mol. The van der Waals surface area contributed by atoms with Crippen LogP contribution in [-0.2, 0) is 28.7 Å². The summed E-state index contributed by atoms with van der Waals surface area (Å²) in [6.45, 7) is 0.831. The first-order chi connectivity index (χ1) is 13.3. The van der Waals surface area contributed by atoms with Gasteiger partial charge < -0.3 is 18.9 Å². The number of amides is 2. The molecule has 2 amide bonds. The zero-order valence-electron chi connectivity index (χ0n) is 16.0. The van der Waals surface area contributed by atoms with Crippen molar-refractivity contribution >= 4 is 29.8 Å². The molecule has 1 aromatic carbocycles. The van der Waals surface area contributed by atoms with Crippen molar-refractivity contribution in [3.05, 3.63) is 29.3 Å². The van der Waals surface area contributed by atoms with E-state index in [-0.39, 0.29) is 18.5 Å². The minimum atomic E-state index is -1.18. The van der Waals surface area contributed by atoms with Crippen LogP contribution in [0.5, 0.6) is 11.5 Å². The number of benzene rings is 1. The third-order valence-corrected chi connectivity index (χ3v) is 4.00. The van der Waals surface area contributed by atoms with E-state index in [0.29, 0.717) is 17.1 Å². The molecule has 9 nitrogen and oxygen atoms in total. The van der Waals surface area contributed by atoms with Gasteiger partial charge in [0.2, 0.25) is 5.91 Å². The maximum absolute atomic E-state index is 12.4. The van der Waals surface area contributed by atoms with E-state index in [0.717, 1.165) is 11.8 Å². The van der Waals surface area contributed by atoms with Gasteiger partial charge in [-0.3, -0.25) is 19.3 Å². The quantitative estimate of drug-likeness (QED) is 0.384. The largest absolute Gasteiger partial charge is 0.497 e. The number of ether oxygens (including phenoxy) is 4. The topological polar surface area (TPSA) is 108 Å². The number of carbonyl (C=O) groups excluding carboxylic acids is 4. The van der Waals surface area contributed by atoms with Crippen LogP contribution in [0.1, 0.15) is 18.9 Å². The minimum Gasteiger partial charge on any atom is -0.497 e. The number of hydrogen-bond acceptors (Lipinski definition) is 8. The Morgan fingerprint density at radius 1 is 1.11 bits per heavy atom. The zero-order chi connectivity index (χ0) is 20.8. The van der Waals surface area contributed by atoms with Gasteiger partial charge in [-0.05, 0) is 23.8 Å². The third kappa shape index (κ3) is 4.87. The second kappa shape index (κ2) is 9.03. The number of esters is 2. The van der Waals surface area contributed by atoms with Gasteiger partial charge in [0.05, 0.1) is 39.9 Å². The molecule has 0 aliphatic carbocycles. The van der Waals surface area contributed by atoms with E-state index in [2.05, 4.69) is 0 Å². The fourth-order valence-corrected chi connectivity index (χ4v) is 2.70. The molecule has 0 saturated carbocycles. The maximum atomic E-state index is 12.4. The molecule has 1 unspecified atom stereocenters. The standard InChI is InChI=1S/C19H21NO8/c1-11(21)28-16-9-17(22)20(18(16)23)10-13(19(24)27-4)5-12-6-14(25-2)8-15(7-12)26-3/h5-8,16H,9-10H2,1-4H3/b13-5+. The molecule has 1 atom stereocenters. The summed E-state index contributed by atoms with van der Waals surface area (Å²) in [6.07, 6.45) is 0.0250. The lowest BCUT2D eigenvalue weighted by Crippen LogP contribution is -2.36. The van der Waals surface area contributed by atoms with Gasteiger partial charge in [-0.15, -0.1) is 0 Å². The van der Waals surface area contributed by atoms with Crippen LogP contribution < -0.4 is 9.47 Å². The van der Waals surface area contributed by atoms with Crippen LogP contribution in [-0.4, -0.2) is 62.6 Å². The summed E-state index contributed by atoms with van der Waals surface area (Å²) in [5.74, 6) is -1.61. The maximum Gasteiger partial charge on any atom is 0.335 e. The number of likely N-dealkylation sites (tertiary alicyclic amines) is 1. The summed E-state index contributed by atoms with van der Waals surface area (Å²) in [5.41, 5.74) is 0.607. The Kier molecular flexibility index (Phi) is 6.75. The molecule has 0 aromatic heterocycles. The second-order valence-corrected chi connectivity index (χ2v) is 5.93. The third-order valence-electron chi connectivity index (χ3n) is 4.00. The molecular formula is C19H21NO8. The summed E-state index contributed by atoms with van der Waals surface area (Å²) >= 11 is 0. The summed E-state index contributed by atoms with van der Waals surface area (Å²) in [4.78, 5) is 48.7. The fourth-order valence-electron chi connectivity index (χ4n) is 2.70. The summed E-state index contributed by atoms with van der Waals surface area (Å²) < 4.78 is 20.0. The molecule has 28 heavy (non-hydrogen) atoms. The highest BCUT2D eigenvalue weighted by atomic mass is 16.5. The van der Waals surface area contributed by atoms with Crippen LogP contribution in [0.2, 0.25) is 0 Å². The number of imide groups is 1. The van der Waals surface area contributed by atoms with Crippen LogP contribution in [0.25, 0.3) is 6.08 Å². The van der Waals surface area contributed by atoms with E-state index in [1.807, 2.05) is 0 Å². The zero-order valence-corrected chi connectivity index (χ0v) is 16.0. The molecule has 1 heterocycles. The molecule has 2 rings (SSSR count). The van der Waals surface area contributed by atoms with Crippen LogP contribution >= 0.6 is 0 Å². The van der Waals surface area contributed by atoms with Gasteiger partial charge in [-0.1, -0.05) is 0 Å². The summed E-state index contributed by atoms with van der Waals surface area (Å²) in [5, 5.41) is 0. The number of nitrogens with zero attached hydrogens (tertiary/aromatic N) is 1. The predicted octanol–water partition coefficient (Wildman–Crippen LogP) is 0.951. The molecule has 0 N–H and O–H groups in total. The van der Waals surface area contributed by atoms with Crippen molar-refractivity contribution in [1.29, 1.82) is 0 Å². The molecule has 1 aliphatic heterocycles. The fraction of sp³-hybridized carbons (Fsp3) is 0.368. The Hall–Kier alpha value is -3.36. The van der Waals surface area contributed by atoms with E-state index >= 15 is 0 Å². The first-order valence-corrected chi connectivity index (χ1v) is 8.32. The normalized spacial score (nSPS) is 16.8. The van der Waals surface area contributed by atoms with Crippen molar-refractivity contribution in [2.24, 2.45) is 0 Å². The van der Waals surface area contributed by atoms with Crippen LogP contribution in [0.4, 0.5) is 0 Å². The molecule has 1 saturated heterocycles. The van der Waals surface area contributed by atoms with Crippen molar-refractivity contribution < 1.29 is 38.1 Å². The van der Waals surface area contributed by atoms with Crippen molar-refractivity contribution in [1.82, 2.24) is 4.90 Å². The van der Waals surface area contributed by atoms with Gasteiger partial charge in [0, 0.05) is 13.0 Å². The molecule has 1 aromatic rings. The van der Waals surface area contributed by atoms with E-state index in [4.69, 9.17) is 18.9 Å². The van der Waals surface area contributed by atoms with Crippen molar-refractivity contribution in [3.8, 4) is 11.5 Å². The molecule has 0 radical (unpaired) electrons. The predicted molar refractivity (Wildman–Crippen MR) is 96.4 cm³/mol. The highest BCUT2D eigenvalue weighted by molar-refractivity contribution is 6.07. The number of hydrogen-bond donors (Lipinski definition) is 0. The smallest absolute Gasteiger partial charge is 0.335 e. The van der Waals surface area contributed by atoms with E-state index in [1.165, 1.54) is 27.4 Å². The highest BCUT2D eigenvalue weighted by Crippen LogP contribution is 2.25. The lowest BCUT2D eigenvalue weighted by Gasteiger charge is -2.16. The average molecular weight is 391 g/mol. The second-order valence-electron chi connectivity index (χ2n) is 5.93. The van der Waals surface area contributed by atoms with Gasteiger partial charge in [-0.25, -0.2) is 4.79 Å². The summed E-state index contributed by atoms with van der Waals surface area (Å²) in [7, 11) is 4.16. The highest BCUT2D eigenvalue weighted by Gasteiger charge is 2.41. The van der Waals surface area contributed by atoms with Gasteiger partial charge in [0.25, 0.3) is 5.91 Å². The number of rotatable bonds is 7. The lowest BCUT2D eigenvalue weighted by atomic mass is 10.1. The minimum absolute atomic E-state index is 0.0583. The molecule has 9 heteroatoms. The molecule has 150 valence electrons. The Labute approximate surface area is 161 Å². The lowest BCUT2D eigenvalue weighted by molar-refractivity contribution is -0.154. The van der Waals surface area contributed by atoms with E-state index in [1.54, 1.807) is 18.2 Å². The SMILES string of the molecule is COC(=O)/C(=C/c1cc(OC)cc(OC)c1)CN1C(=O)CC(OC(C)=O)C1=O. The van der Waals surface area contributed by atoms with Crippen molar-refractivity contribution in [3.63, 3.8) is 0 Å². The Morgan fingerprint density at radius 2 is 1.71 bits per heavy atom. The number of carbonyl (C=O) groups is 4. The first-order valence-electron chi connectivity index (χ1n) is 8.32. The van der Waals surface area contributed by atoms with Crippen LogP contribution in [0.3, 0.4) is 0 Å². The molecule has 0 bridgehead atoms. The number of methoxy groups -OCH3 is 3. The Bertz CT molecular complexity index is 807. The summed E-state index contributed by atoms with van der Waals surface area (Å²) in [6, 6.07) is 4.97.